The normalized spacial score (nSPS) is 28.7. The molecular formula is C11H20N2S. The van der Waals surface area contributed by atoms with Gasteiger partial charge in [-0.1, -0.05) is 31.5 Å². The summed E-state index contributed by atoms with van der Waals surface area (Å²) in [4.78, 5) is 4.52. The van der Waals surface area contributed by atoms with Crippen LogP contribution in [0.3, 0.4) is 0 Å². The fourth-order valence-corrected chi connectivity index (χ4v) is 2.88. The standard InChI is InChI=1S/C11H20N2S/c1-3-10-7-12-11(14-10)13-8(2)6-9-4-5-9/h8-10H,3-7H2,1-2H3,(H,12,13). The van der Waals surface area contributed by atoms with Crippen molar-refractivity contribution in [2.75, 3.05) is 6.54 Å². The highest BCUT2D eigenvalue weighted by molar-refractivity contribution is 8.14. The summed E-state index contributed by atoms with van der Waals surface area (Å²) in [5.41, 5.74) is 0. The van der Waals surface area contributed by atoms with Crippen molar-refractivity contribution in [3.05, 3.63) is 0 Å². The second kappa shape index (κ2) is 4.56. The number of hydrogen-bond donors (Lipinski definition) is 1. The number of aliphatic imine (C=N–C) groups is 1. The molecule has 2 atom stereocenters. The molecule has 0 radical (unpaired) electrons. The van der Waals surface area contributed by atoms with Crippen molar-refractivity contribution in [3.8, 4) is 0 Å². The SMILES string of the molecule is CCC1CN=C(NC(C)CC2CC2)S1. The Morgan fingerprint density at radius 2 is 2.36 bits per heavy atom. The molecule has 0 spiro atoms. The third-order valence-corrected chi connectivity index (χ3v) is 4.21. The first-order valence-electron chi connectivity index (χ1n) is 5.75. The molecule has 1 saturated carbocycles. The van der Waals surface area contributed by atoms with Crippen LogP contribution in [0.2, 0.25) is 0 Å². The van der Waals surface area contributed by atoms with Crippen LogP contribution in [0.5, 0.6) is 0 Å². The van der Waals surface area contributed by atoms with Crippen molar-refractivity contribution in [2.24, 2.45) is 10.9 Å². The molecule has 2 unspecified atom stereocenters. The van der Waals surface area contributed by atoms with Crippen molar-refractivity contribution in [2.45, 2.75) is 50.8 Å². The van der Waals surface area contributed by atoms with E-state index in [9.17, 15) is 0 Å². The Kier molecular flexibility index (Phi) is 3.37. The van der Waals surface area contributed by atoms with Crippen LogP contribution in [0.4, 0.5) is 0 Å². The van der Waals surface area contributed by atoms with E-state index in [0.717, 1.165) is 17.7 Å². The summed E-state index contributed by atoms with van der Waals surface area (Å²) in [6.07, 6.45) is 5.46. The molecule has 0 bridgehead atoms. The van der Waals surface area contributed by atoms with Gasteiger partial charge < -0.3 is 5.32 Å². The van der Waals surface area contributed by atoms with Gasteiger partial charge in [0.2, 0.25) is 0 Å². The van der Waals surface area contributed by atoms with Crippen LogP contribution in [-0.2, 0) is 0 Å². The molecule has 1 aliphatic heterocycles. The minimum atomic E-state index is 0.615. The molecule has 80 valence electrons. The Morgan fingerprint density at radius 1 is 1.57 bits per heavy atom. The van der Waals surface area contributed by atoms with Gasteiger partial charge in [-0.05, 0) is 25.7 Å². The zero-order chi connectivity index (χ0) is 9.97. The van der Waals surface area contributed by atoms with Crippen LogP contribution < -0.4 is 5.32 Å². The van der Waals surface area contributed by atoms with E-state index >= 15 is 0 Å². The molecule has 1 aliphatic carbocycles. The predicted molar refractivity (Wildman–Crippen MR) is 63.9 cm³/mol. The Balaban J connectivity index is 1.69. The average molecular weight is 212 g/mol. The molecule has 0 aromatic rings. The predicted octanol–water partition coefficient (Wildman–Crippen LogP) is 2.65. The second-order valence-electron chi connectivity index (χ2n) is 4.52. The van der Waals surface area contributed by atoms with Gasteiger partial charge >= 0.3 is 0 Å². The van der Waals surface area contributed by atoms with Gasteiger partial charge in [0.25, 0.3) is 0 Å². The highest BCUT2D eigenvalue weighted by Gasteiger charge is 2.25. The summed E-state index contributed by atoms with van der Waals surface area (Å²) in [5, 5.41) is 5.44. The first-order valence-corrected chi connectivity index (χ1v) is 6.63. The monoisotopic (exact) mass is 212 g/mol. The number of nitrogens with zero attached hydrogens (tertiary/aromatic N) is 1. The summed E-state index contributed by atoms with van der Waals surface area (Å²) in [6, 6.07) is 0.615. The van der Waals surface area contributed by atoms with Gasteiger partial charge in [0.15, 0.2) is 5.17 Å². The molecule has 0 saturated heterocycles. The minimum Gasteiger partial charge on any atom is -0.362 e. The van der Waals surface area contributed by atoms with Crippen LogP contribution >= 0.6 is 11.8 Å². The van der Waals surface area contributed by atoms with Crippen molar-refractivity contribution in [1.82, 2.24) is 5.32 Å². The van der Waals surface area contributed by atoms with Gasteiger partial charge in [0.05, 0.1) is 6.54 Å². The molecule has 3 heteroatoms. The topological polar surface area (TPSA) is 24.4 Å². The van der Waals surface area contributed by atoms with Gasteiger partial charge in [0, 0.05) is 11.3 Å². The van der Waals surface area contributed by atoms with E-state index in [4.69, 9.17) is 0 Å². The average Bonchev–Trinajstić information content (AvgIpc) is 2.83. The number of thioether (sulfide) groups is 1. The van der Waals surface area contributed by atoms with E-state index in [2.05, 4.69) is 24.2 Å². The largest absolute Gasteiger partial charge is 0.362 e. The van der Waals surface area contributed by atoms with Gasteiger partial charge in [-0.25, -0.2) is 0 Å². The molecule has 14 heavy (non-hydrogen) atoms. The molecule has 0 aromatic heterocycles. The number of hydrogen-bond acceptors (Lipinski definition) is 3. The Hall–Kier alpha value is -0.180. The summed E-state index contributed by atoms with van der Waals surface area (Å²) < 4.78 is 0. The molecule has 2 rings (SSSR count). The third-order valence-electron chi connectivity index (χ3n) is 2.93. The van der Waals surface area contributed by atoms with Crippen LogP contribution in [0.25, 0.3) is 0 Å². The van der Waals surface area contributed by atoms with Crippen molar-refractivity contribution >= 4 is 16.9 Å². The highest BCUT2D eigenvalue weighted by Crippen LogP contribution is 2.33. The second-order valence-corrected chi connectivity index (χ2v) is 5.81. The minimum absolute atomic E-state index is 0.615. The first-order chi connectivity index (χ1) is 6.78. The quantitative estimate of drug-likeness (QED) is 0.774. The van der Waals surface area contributed by atoms with E-state index in [1.165, 1.54) is 30.9 Å². The molecule has 2 nitrogen and oxygen atoms in total. The Morgan fingerprint density at radius 3 is 2.93 bits per heavy atom. The summed E-state index contributed by atoms with van der Waals surface area (Å²) in [6.45, 7) is 5.53. The maximum absolute atomic E-state index is 4.52. The van der Waals surface area contributed by atoms with E-state index < -0.39 is 0 Å². The molecule has 0 amide bonds. The Bertz CT molecular complexity index is 223. The summed E-state index contributed by atoms with van der Waals surface area (Å²) in [7, 11) is 0. The lowest BCUT2D eigenvalue weighted by molar-refractivity contribution is 0.566. The van der Waals surface area contributed by atoms with E-state index in [1.54, 1.807) is 0 Å². The van der Waals surface area contributed by atoms with Crippen LogP contribution in [-0.4, -0.2) is 23.0 Å². The van der Waals surface area contributed by atoms with Crippen molar-refractivity contribution < 1.29 is 0 Å². The maximum atomic E-state index is 4.52. The molecule has 0 aromatic carbocycles. The maximum Gasteiger partial charge on any atom is 0.157 e. The van der Waals surface area contributed by atoms with Crippen LogP contribution in [0.15, 0.2) is 4.99 Å². The molecule has 2 aliphatic rings. The van der Waals surface area contributed by atoms with E-state index in [0.29, 0.717) is 6.04 Å². The van der Waals surface area contributed by atoms with Gasteiger partial charge in [0.1, 0.15) is 0 Å². The lowest BCUT2D eigenvalue weighted by Crippen LogP contribution is -2.30. The zero-order valence-electron chi connectivity index (χ0n) is 9.12. The van der Waals surface area contributed by atoms with Crippen molar-refractivity contribution in [1.29, 1.82) is 0 Å². The van der Waals surface area contributed by atoms with E-state index in [1.807, 2.05) is 11.8 Å². The third kappa shape index (κ3) is 2.91. The smallest absolute Gasteiger partial charge is 0.157 e. The number of rotatable bonds is 4. The highest BCUT2D eigenvalue weighted by atomic mass is 32.2. The Labute approximate surface area is 90.9 Å². The zero-order valence-corrected chi connectivity index (χ0v) is 9.94. The summed E-state index contributed by atoms with van der Waals surface area (Å²) >= 11 is 1.93. The molecular weight excluding hydrogens is 192 g/mol. The fraction of sp³-hybridized carbons (Fsp3) is 0.909. The number of nitrogens with one attached hydrogen (secondary N) is 1. The van der Waals surface area contributed by atoms with Gasteiger partial charge in [-0.2, -0.15) is 0 Å². The first kappa shape index (κ1) is 10.3. The van der Waals surface area contributed by atoms with Gasteiger partial charge in [-0.15, -0.1) is 0 Å². The lowest BCUT2D eigenvalue weighted by Gasteiger charge is -2.14. The summed E-state index contributed by atoms with van der Waals surface area (Å²) in [5.74, 6) is 1.01. The lowest BCUT2D eigenvalue weighted by atomic mass is 10.2. The van der Waals surface area contributed by atoms with Crippen LogP contribution in [0, 0.1) is 5.92 Å². The van der Waals surface area contributed by atoms with Crippen molar-refractivity contribution in [3.63, 3.8) is 0 Å². The van der Waals surface area contributed by atoms with Crippen LogP contribution in [0.1, 0.15) is 39.5 Å². The molecule has 1 N–H and O–H groups in total. The van der Waals surface area contributed by atoms with Gasteiger partial charge in [-0.3, -0.25) is 4.99 Å². The molecule has 1 fully saturated rings. The molecule has 1 heterocycles. The fourth-order valence-electron chi connectivity index (χ4n) is 1.83. The van der Waals surface area contributed by atoms with E-state index in [-0.39, 0.29) is 0 Å². The number of amidine groups is 1.